The zero-order chi connectivity index (χ0) is 15.8. The summed E-state index contributed by atoms with van der Waals surface area (Å²) in [5, 5.41) is 0.561. The molecular formula is C15H15BrClNO2S. The van der Waals surface area contributed by atoms with E-state index in [1.165, 1.54) is 0 Å². The van der Waals surface area contributed by atoms with Crippen molar-refractivity contribution < 1.29 is 8.42 Å². The van der Waals surface area contributed by atoms with Crippen molar-refractivity contribution in [2.24, 2.45) is 0 Å². The van der Waals surface area contributed by atoms with Gasteiger partial charge in [0.15, 0.2) is 0 Å². The van der Waals surface area contributed by atoms with Gasteiger partial charge in [-0.2, -0.15) is 0 Å². The minimum atomic E-state index is -3.64. The van der Waals surface area contributed by atoms with E-state index in [4.69, 9.17) is 11.6 Å². The molecule has 1 N–H and O–H groups in total. The van der Waals surface area contributed by atoms with Gasteiger partial charge in [-0.05, 0) is 67.8 Å². The number of hydrogen-bond donors (Lipinski definition) is 1. The standard InChI is InChI=1S/C15H15BrClNO2S/c1-9-6-12(4-5-13(9)16)18-21(19,20)15-8-10(2)14(17)7-11(15)3/h4-8,18H,1-3H3. The molecule has 3 nitrogen and oxygen atoms in total. The Balaban J connectivity index is 2.43. The Labute approximate surface area is 138 Å². The Kier molecular flexibility index (Phi) is 4.66. The largest absolute Gasteiger partial charge is 0.280 e. The van der Waals surface area contributed by atoms with Crippen LogP contribution in [0.5, 0.6) is 0 Å². The van der Waals surface area contributed by atoms with Crippen molar-refractivity contribution >= 4 is 43.2 Å². The Hall–Kier alpha value is -1.04. The molecule has 0 heterocycles. The Morgan fingerprint density at radius 1 is 1.00 bits per heavy atom. The summed E-state index contributed by atoms with van der Waals surface area (Å²) in [5.41, 5.74) is 2.84. The average molecular weight is 389 g/mol. The molecule has 0 saturated heterocycles. The summed E-state index contributed by atoms with van der Waals surface area (Å²) in [6, 6.07) is 8.56. The molecule has 112 valence electrons. The fourth-order valence-corrected chi connectivity index (χ4v) is 3.79. The SMILES string of the molecule is Cc1cc(S(=O)(=O)Nc2ccc(Br)c(C)c2)c(C)cc1Cl. The van der Waals surface area contributed by atoms with Crippen LogP contribution in [0.4, 0.5) is 5.69 Å². The van der Waals surface area contributed by atoms with Gasteiger partial charge in [0.25, 0.3) is 10.0 Å². The maximum absolute atomic E-state index is 12.5. The Morgan fingerprint density at radius 2 is 1.67 bits per heavy atom. The highest BCUT2D eigenvalue weighted by atomic mass is 79.9. The molecule has 2 aromatic rings. The van der Waals surface area contributed by atoms with Gasteiger partial charge in [-0.25, -0.2) is 8.42 Å². The van der Waals surface area contributed by atoms with Gasteiger partial charge in [-0.1, -0.05) is 27.5 Å². The summed E-state index contributed by atoms with van der Waals surface area (Å²) >= 11 is 9.41. The minimum absolute atomic E-state index is 0.241. The maximum atomic E-state index is 12.5. The number of anilines is 1. The molecule has 0 bridgehead atoms. The first-order chi connectivity index (χ1) is 9.70. The quantitative estimate of drug-likeness (QED) is 0.818. The second kappa shape index (κ2) is 5.99. The van der Waals surface area contributed by atoms with Crippen LogP contribution in [-0.2, 0) is 10.0 Å². The van der Waals surface area contributed by atoms with Crippen LogP contribution in [0.2, 0.25) is 5.02 Å². The fraction of sp³-hybridized carbons (Fsp3) is 0.200. The summed E-state index contributed by atoms with van der Waals surface area (Å²) < 4.78 is 28.6. The van der Waals surface area contributed by atoms with Crippen molar-refractivity contribution in [1.29, 1.82) is 0 Å². The fourth-order valence-electron chi connectivity index (χ4n) is 1.96. The normalized spacial score (nSPS) is 11.5. The third-order valence-corrected chi connectivity index (χ3v) is 5.98. The molecular weight excluding hydrogens is 374 g/mol. The van der Waals surface area contributed by atoms with Gasteiger partial charge in [0.2, 0.25) is 0 Å². The second-order valence-electron chi connectivity index (χ2n) is 4.94. The lowest BCUT2D eigenvalue weighted by Crippen LogP contribution is -2.14. The van der Waals surface area contributed by atoms with Gasteiger partial charge in [-0.3, -0.25) is 4.72 Å². The molecule has 0 atom stereocenters. The zero-order valence-electron chi connectivity index (χ0n) is 11.9. The highest BCUT2D eigenvalue weighted by molar-refractivity contribution is 9.10. The van der Waals surface area contributed by atoms with Crippen molar-refractivity contribution in [2.75, 3.05) is 4.72 Å². The van der Waals surface area contributed by atoms with Crippen LogP contribution in [-0.4, -0.2) is 8.42 Å². The van der Waals surface area contributed by atoms with Gasteiger partial charge in [0.1, 0.15) is 0 Å². The van der Waals surface area contributed by atoms with Gasteiger partial charge in [-0.15, -0.1) is 0 Å². The number of halogens is 2. The second-order valence-corrected chi connectivity index (χ2v) is 7.85. The summed E-state index contributed by atoms with van der Waals surface area (Å²) in [5.74, 6) is 0. The molecule has 0 saturated carbocycles. The van der Waals surface area contributed by atoms with Crippen molar-refractivity contribution in [3.05, 3.63) is 56.5 Å². The number of rotatable bonds is 3. The van der Waals surface area contributed by atoms with E-state index in [1.807, 2.05) is 13.0 Å². The number of benzene rings is 2. The smallest absolute Gasteiger partial charge is 0.262 e. The average Bonchev–Trinajstić information content (AvgIpc) is 2.37. The Bertz CT molecular complexity index is 804. The first-order valence-corrected chi connectivity index (χ1v) is 8.92. The molecule has 0 spiro atoms. The molecule has 0 unspecified atom stereocenters. The summed E-state index contributed by atoms with van der Waals surface area (Å²) in [6.45, 7) is 5.41. The first-order valence-electron chi connectivity index (χ1n) is 6.26. The molecule has 2 rings (SSSR count). The molecule has 2 aromatic carbocycles. The van der Waals surface area contributed by atoms with Crippen molar-refractivity contribution in [3.63, 3.8) is 0 Å². The van der Waals surface area contributed by atoms with Crippen LogP contribution in [0.1, 0.15) is 16.7 Å². The van der Waals surface area contributed by atoms with Crippen LogP contribution in [0.15, 0.2) is 39.7 Å². The van der Waals surface area contributed by atoms with Crippen LogP contribution >= 0.6 is 27.5 Å². The highest BCUT2D eigenvalue weighted by Crippen LogP contribution is 2.27. The van der Waals surface area contributed by atoms with E-state index < -0.39 is 10.0 Å². The van der Waals surface area contributed by atoms with Gasteiger partial charge < -0.3 is 0 Å². The highest BCUT2D eigenvalue weighted by Gasteiger charge is 2.18. The molecule has 0 aliphatic rings. The topological polar surface area (TPSA) is 46.2 Å². The third-order valence-electron chi connectivity index (χ3n) is 3.16. The summed E-state index contributed by atoms with van der Waals surface area (Å²) in [6.07, 6.45) is 0. The van der Waals surface area contributed by atoms with Gasteiger partial charge in [0, 0.05) is 15.2 Å². The summed E-state index contributed by atoms with van der Waals surface area (Å²) in [4.78, 5) is 0.241. The van der Waals surface area contributed by atoms with E-state index in [0.29, 0.717) is 16.3 Å². The molecule has 0 aliphatic carbocycles. The Morgan fingerprint density at radius 3 is 2.29 bits per heavy atom. The molecule has 0 radical (unpaired) electrons. The van der Waals surface area contributed by atoms with Gasteiger partial charge in [0.05, 0.1) is 4.90 Å². The predicted molar refractivity (Wildman–Crippen MR) is 90.6 cm³/mol. The third kappa shape index (κ3) is 3.59. The number of nitrogens with one attached hydrogen (secondary N) is 1. The molecule has 21 heavy (non-hydrogen) atoms. The van der Waals surface area contributed by atoms with E-state index >= 15 is 0 Å². The number of aryl methyl sites for hydroxylation is 3. The van der Waals surface area contributed by atoms with Crippen LogP contribution in [0.3, 0.4) is 0 Å². The lowest BCUT2D eigenvalue weighted by Gasteiger charge is -2.13. The lowest BCUT2D eigenvalue weighted by atomic mass is 10.2. The van der Waals surface area contributed by atoms with Crippen molar-refractivity contribution in [2.45, 2.75) is 25.7 Å². The molecule has 6 heteroatoms. The van der Waals surface area contributed by atoms with Crippen molar-refractivity contribution in [3.8, 4) is 0 Å². The van der Waals surface area contributed by atoms with E-state index in [1.54, 1.807) is 38.1 Å². The zero-order valence-corrected chi connectivity index (χ0v) is 15.0. The molecule has 0 fully saturated rings. The summed E-state index contributed by atoms with van der Waals surface area (Å²) in [7, 11) is -3.64. The van der Waals surface area contributed by atoms with Crippen LogP contribution in [0, 0.1) is 20.8 Å². The number of hydrogen-bond acceptors (Lipinski definition) is 2. The van der Waals surface area contributed by atoms with Crippen LogP contribution < -0.4 is 4.72 Å². The first kappa shape index (κ1) is 16.3. The molecule has 0 aromatic heterocycles. The lowest BCUT2D eigenvalue weighted by molar-refractivity contribution is 0.600. The van der Waals surface area contributed by atoms with Crippen LogP contribution in [0.25, 0.3) is 0 Å². The van der Waals surface area contributed by atoms with Crippen molar-refractivity contribution in [1.82, 2.24) is 0 Å². The molecule has 0 amide bonds. The predicted octanol–water partition coefficient (Wildman–Crippen LogP) is 4.83. The van der Waals surface area contributed by atoms with E-state index in [-0.39, 0.29) is 4.90 Å². The number of sulfonamides is 1. The molecule has 0 aliphatic heterocycles. The monoisotopic (exact) mass is 387 g/mol. The maximum Gasteiger partial charge on any atom is 0.262 e. The minimum Gasteiger partial charge on any atom is -0.280 e. The van der Waals surface area contributed by atoms with Gasteiger partial charge >= 0.3 is 0 Å². The van der Waals surface area contributed by atoms with E-state index in [0.717, 1.165) is 15.6 Å². The van der Waals surface area contributed by atoms with E-state index in [9.17, 15) is 8.42 Å². The van der Waals surface area contributed by atoms with E-state index in [2.05, 4.69) is 20.7 Å².